The number of aryl methyl sites for hydroxylation is 2. The van der Waals surface area contributed by atoms with E-state index in [9.17, 15) is 9.18 Å². The third-order valence-electron chi connectivity index (χ3n) is 5.20. The maximum Gasteiger partial charge on any atom is 0.224 e. The van der Waals surface area contributed by atoms with Gasteiger partial charge in [0.25, 0.3) is 0 Å². The molecule has 0 radical (unpaired) electrons. The third-order valence-corrected chi connectivity index (χ3v) is 6.32. The summed E-state index contributed by atoms with van der Waals surface area (Å²) >= 11 is 1.70. The van der Waals surface area contributed by atoms with E-state index in [1.54, 1.807) is 17.8 Å². The molecule has 0 saturated carbocycles. The van der Waals surface area contributed by atoms with Gasteiger partial charge in [0.05, 0.1) is 23.7 Å². The number of nitrogens with zero attached hydrogens (tertiary/aromatic N) is 1. The van der Waals surface area contributed by atoms with Crippen molar-refractivity contribution in [3.05, 3.63) is 76.4 Å². The summed E-state index contributed by atoms with van der Waals surface area (Å²) in [6.07, 6.45) is 1.06. The molecule has 0 spiro atoms. The number of hydrogen-bond donors (Lipinski definition) is 1. The van der Waals surface area contributed by atoms with E-state index in [2.05, 4.69) is 10.5 Å². The van der Waals surface area contributed by atoms with Crippen molar-refractivity contribution in [1.29, 1.82) is 0 Å². The van der Waals surface area contributed by atoms with E-state index in [0.29, 0.717) is 12.4 Å². The average Bonchev–Trinajstić information content (AvgIpc) is 3.05. The van der Waals surface area contributed by atoms with Crippen molar-refractivity contribution in [1.82, 2.24) is 10.5 Å². The summed E-state index contributed by atoms with van der Waals surface area (Å²) in [4.78, 5) is 13.6. The number of nitrogens with one attached hydrogen (secondary N) is 1. The average molecular weight is 427 g/mol. The van der Waals surface area contributed by atoms with Gasteiger partial charge in [-0.15, -0.1) is 11.8 Å². The number of hydrogen-bond acceptors (Lipinski definition) is 5. The van der Waals surface area contributed by atoms with Gasteiger partial charge >= 0.3 is 0 Å². The Morgan fingerprint density at radius 2 is 2.07 bits per heavy atom. The van der Waals surface area contributed by atoms with E-state index in [1.807, 2.05) is 38.1 Å². The van der Waals surface area contributed by atoms with Gasteiger partial charge in [-0.05, 0) is 61.7 Å². The smallest absolute Gasteiger partial charge is 0.224 e. The Bertz CT molecular complexity index is 1030. The summed E-state index contributed by atoms with van der Waals surface area (Å²) in [5.74, 6) is 2.02. The summed E-state index contributed by atoms with van der Waals surface area (Å²) in [6.45, 7) is 4.13. The van der Waals surface area contributed by atoms with Crippen molar-refractivity contribution in [2.24, 2.45) is 0 Å². The van der Waals surface area contributed by atoms with Gasteiger partial charge in [-0.25, -0.2) is 4.39 Å². The highest BCUT2D eigenvalue weighted by molar-refractivity contribution is 7.99. The standard InChI is InChI=1S/C23H23FN2O3S/c1-14-20(15(2)29-26-14)13-28-18-6-3-16(4-7-18)11-23(27)25-21-9-10-30-22-8-5-17(24)12-19(21)22/h3-8,12,21H,9-11,13H2,1-2H3,(H,25,27). The molecular weight excluding hydrogens is 403 g/mol. The van der Waals surface area contributed by atoms with E-state index in [-0.39, 0.29) is 24.2 Å². The molecule has 1 amide bonds. The summed E-state index contributed by atoms with van der Waals surface area (Å²) in [5, 5.41) is 6.97. The SMILES string of the molecule is Cc1noc(C)c1COc1ccc(CC(=O)NC2CCSc3ccc(F)cc32)cc1. The van der Waals surface area contributed by atoms with E-state index in [4.69, 9.17) is 9.26 Å². The number of aromatic nitrogens is 1. The van der Waals surface area contributed by atoms with Gasteiger partial charge < -0.3 is 14.6 Å². The summed E-state index contributed by atoms with van der Waals surface area (Å²) in [5.41, 5.74) is 3.52. The van der Waals surface area contributed by atoms with Crippen LogP contribution in [0, 0.1) is 19.7 Å². The molecule has 1 N–H and O–H groups in total. The number of carbonyl (C=O) groups is 1. The fraction of sp³-hybridized carbons (Fsp3) is 0.304. The molecule has 156 valence electrons. The van der Waals surface area contributed by atoms with Crippen LogP contribution in [0.15, 0.2) is 51.9 Å². The monoisotopic (exact) mass is 426 g/mol. The normalized spacial score (nSPS) is 15.5. The lowest BCUT2D eigenvalue weighted by molar-refractivity contribution is -0.121. The van der Waals surface area contributed by atoms with Gasteiger partial charge in [0, 0.05) is 10.6 Å². The van der Waals surface area contributed by atoms with E-state index >= 15 is 0 Å². The Labute approximate surface area is 179 Å². The van der Waals surface area contributed by atoms with Crippen LogP contribution in [0.2, 0.25) is 0 Å². The number of carbonyl (C=O) groups excluding carboxylic acids is 1. The van der Waals surface area contributed by atoms with Crippen molar-refractivity contribution >= 4 is 17.7 Å². The molecule has 0 bridgehead atoms. The largest absolute Gasteiger partial charge is 0.489 e. The lowest BCUT2D eigenvalue weighted by Crippen LogP contribution is -2.31. The minimum atomic E-state index is -0.275. The maximum atomic E-state index is 13.6. The molecule has 2 heterocycles. The fourth-order valence-corrected chi connectivity index (χ4v) is 4.62. The lowest BCUT2D eigenvalue weighted by atomic mass is 10.0. The van der Waals surface area contributed by atoms with Gasteiger partial charge in [-0.3, -0.25) is 4.79 Å². The van der Waals surface area contributed by atoms with Crippen LogP contribution in [0.25, 0.3) is 0 Å². The number of amides is 1. The number of benzene rings is 2. The quantitative estimate of drug-likeness (QED) is 0.607. The molecule has 1 unspecified atom stereocenters. The van der Waals surface area contributed by atoms with Crippen molar-refractivity contribution in [3.63, 3.8) is 0 Å². The summed E-state index contributed by atoms with van der Waals surface area (Å²) < 4.78 is 24.6. The predicted molar refractivity (Wildman–Crippen MR) is 113 cm³/mol. The second kappa shape index (κ2) is 8.92. The second-order valence-electron chi connectivity index (χ2n) is 7.35. The molecule has 30 heavy (non-hydrogen) atoms. The van der Waals surface area contributed by atoms with Crippen molar-refractivity contribution in [3.8, 4) is 5.75 Å². The molecule has 1 atom stereocenters. The Kier molecular flexibility index (Phi) is 6.08. The van der Waals surface area contributed by atoms with Crippen molar-refractivity contribution in [2.75, 3.05) is 5.75 Å². The van der Waals surface area contributed by atoms with Crippen molar-refractivity contribution in [2.45, 2.75) is 44.2 Å². The number of thioether (sulfide) groups is 1. The van der Waals surface area contributed by atoms with Gasteiger partial charge in [-0.1, -0.05) is 17.3 Å². The first-order chi connectivity index (χ1) is 14.5. The minimum absolute atomic E-state index is 0.0773. The van der Waals surface area contributed by atoms with Crippen LogP contribution in [0.3, 0.4) is 0 Å². The fourth-order valence-electron chi connectivity index (χ4n) is 3.51. The molecule has 0 aliphatic carbocycles. The van der Waals surface area contributed by atoms with Crippen LogP contribution < -0.4 is 10.1 Å². The third kappa shape index (κ3) is 4.67. The van der Waals surface area contributed by atoms with Crippen molar-refractivity contribution < 1.29 is 18.4 Å². The molecule has 1 aliphatic rings. The van der Waals surface area contributed by atoms with E-state index in [0.717, 1.165) is 45.2 Å². The van der Waals surface area contributed by atoms with Crippen LogP contribution in [0.4, 0.5) is 4.39 Å². The highest BCUT2D eigenvalue weighted by atomic mass is 32.2. The maximum absolute atomic E-state index is 13.6. The molecule has 5 nitrogen and oxygen atoms in total. The second-order valence-corrected chi connectivity index (χ2v) is 8.49. The van der Waals surface area contributed by atoms with Crippen LogP contribution in [-0.2, 0) is 17.8 Å². The molecule has 7 heteroatoms. The Morgan fingerprint density at radius 3 is 2.80 bits per heavy atom. The first-order valence-electron chi connectivity index (χ1n) is 9.84. The topological polar surface area (TPSA) is 64.4 Å². The van der Waals surface area contributed by atoms with Crippen LogP contribution in [0.1, 0.15) is 40.6 Å². The van der Waals surface area contributed by atoms with Crippen LogP contribution in [0.5, 0.6) is 5.75 Å². The molecule has 0 fully saturated rings. The highest BCUT2D eigenvalue weighted by Crippen LogP contribution is 2.36. The lowest BCUT2D eigenvalue weighted by Gasteiger charge is -2.26. The minimum Gasteiger partial charge on any atom is -0.489 e. The molecule has 1 aliphatic heterocycles. The number of fused-ring (bicyclic) bond motifs is 1. The van der Waals surface area contributed by atoms with E-state index < -0.39 is 0 Å². The van der Waals surface area contributed by atoms with E-state index in [1.165, 1.54) is 12.1 Å². The number of ether oxygens (including phenoxy) is 1. The van der Waals surface area contributed by atoms with Gasteiger partial charge in [0.15, 0.2) is 0 Å². The Morgan fingerprint density at radius 1 is 1.27 bits per heavy atom. The van der Waals surface area contributed by atoms with Gasteiger partial charge in [0.2, 0.25) is 5.91 Å². The summed E-state index contributed by atoms with van der Waals surface area (Å²) in [6, 6.07) is 12.1. The van der Waals surface area contributed by atoms with Crippen LogP contribution >= 0.6 is 11.8 Å². The van der Waals surface area contributed by atoms with Gasteiger partial charge in [0.1, 0.15) is 23.9 Å². The number of rotatable bonds is 6. The zero-order valence-electron chi connectivity index (χ0n) is 16.9. The molecule has 1 aromatic heterocycles. The predicted octanol–water partition coefficient (Wildman–Crippen LogP) is 4.91. The first kappa shape index (κ1) is 20.5. The Hall–Kier alpha value is -2.80. The molecule has 2 aromatic carbocycles. The first-order valence-corrected chi connectivity index (χ1v) is 10.8. The zero-order valence-corrected chi connectivity index (χ0v) is 17.7. The van der Waals surface area contributed by atoms with Crippen LogP contribution in [-0.4, -0.2) is 16.8 Å². The molecular formula is C23H23FN2O3S. The zero-order chi connectivity index (χ0) is 21.1. The molecule has 4 rings (SSSR count). The summed E-state index contributed by atoms with van der Waals surface area (Å²) in [7, 11) is 0. The number of halogens is 1. The molecule has 0 saturated heterocycles. The van der Waals surface area contributed by atoms with Gasteiger partial charge in [-0.2, -0.15) is 0 Å². The Balaban J connectivity index is 1.34. The highest BCUT2D eigenvalue weighted by Gasteiger charge is 2.23. The molecule has 3 aromatic rings.